The van der Waals surface area contributed by atoms with Gasteiger partial charge in [0.15, 0.2) is 0 Å². The first-order valence-corrected chi connectivity index (χ1v) is 7.50. The topological polar surface area (TPSA) is 102 Å². The maximum atomic E-state index is 12.0. The molecule has 0 saturated carbocycles. The largest absolute Gasteiger partial charge is 0.496 e. The highest BCUT2D eigenvalue weighted by molar-refractivity contribution is 7.89. The van der Waals surface area contributed by atoms with Crippen LogP contribution in [0.15, 0.2) is 18.2 Å². The number of benzene rings is 1. The minimum absolute atomic E-state index is 0.0112. The predicted octanol–water partition coefficient (Wildman–Crippen LogP) is -0.101. The molecule has 0 aromatic heterocycles. The van der Waals surface area contributed by atoms with E-state index in [1.807, 2.05) is 0 Å². The van der Waals surface area contributed by atoms with E-state index in [2.05, 4.69) is 5.32 Å². The van der Waals surface area contributed by atoms with Gasteiger partial charge in [0.1, 0.15) is 5.75 Å². The summed E-state index contributed by atoms with van der Waals surface area (Å²) in [6.45, 7) is 0.0112. The van der Waals surface area contributed by atoms with Crippen LogP contribution in [0.1, 0.15) is 10.4 Å². The molecule has 0 radical (unpaired) electrons. The van der Waals surface area contributed by atoms with Gasteiger partial charge in [-0.25, -0.2) is 12.7 Å². The van der Waals surface area contributed by atoms with Crippen molar-refractivity contribution >= 4 is 21.6 Å². The molecule has 3 N–H and O–H groups in total. The number of anilines is 1. The van der Waals surface area contributed by atoms with Gasteiger partial charge in [0.2, 0.25) is 10.0 Å². The molecule has 0 atom stereocenters. The lowest BCUT2D eigenvalue weighted by atomic mass is 10.1. The summed E-state index contributed by atoms with van der Waals surface area (Å²) in [5.74, 6) is -0.216. The number of nitrogens with one attached hydrogen (secondary N) is 1. The number of carbonyl (C=O) groups excluding carboxylic acids is 1. The second-order valence-corrected chi connectivity index (χ2v) is 6.62. The van der Waals surface area contributed by atoms with Crippen molar-refractivity contribution in [2.24, 2.45) is 0 Å². The van der Waals surface area contributed by atoms with Crippen LogP contribution in [0.4, 0.5) is 5.69 Å². The van der Waals surface area contributed by atoms with E-state index >= 15 is 0 Å². The Labute approximate surface area is 118 Å². The molecule has 0 bridgehead atoms. The van der Waals surface area contributed by atoms with Crippen molar-refractivity contribution in [1.29, 1.82) is 0 Å². The van der Waals surface area contributed by atoms with Crippen LogP contribution in [0.5, 0.6) is 5.75 Å². The Morgan fingerprint density at radius 2 is 2.05 bits per heavy atom. The third-order valence-electron chi connectivity index (χ3n) is 2.67. The molecule has 20 heavy (non-hydrogen) atoms. The molecule has 0 aliphatic heterocycles. The van der Waals surface area contributed by atoms with Gasteiger partial charge in [0.25, 0.3) is 5.91 Å². The summed E-state index contributed by atoms with van der Waals surface area (Å²) in [7, 11) is 0.991. The van der Waals surface area contributed by atoms with Crippen LogP contribution in [0, 0.1) is 0 Å². The molecule has 0 heterocycles. The zero-order valence-electron chi connectivity index (χ0n) is 11.7. The molecule has 112 valence electrons. The van der Waals surface area contributed by atoms with Crippen LogP contribution in [0.3, 0.4) is 0 Å². The van der Waals surface area contributed by atoms with Gasteiger partial charge in [0.05, 0.1) is 18.4 Å². The van der Waals surface area contributed by atoms with Gasteiger partial charge >= 0.3 is 0 Å². The molecule has 0 aliphatic rings. The van der Waals surface area contributed by atoms with Gasteiger partial charge in [-0.1, -0.05) is 0 Å². The standard InChI is InChI=1S/C12H19N3O4S/c1-15(2)20(17,18)7-6-14-12(16)10-8-9(13)4-5-11(10)19-3/h4-5,8H,6-7,13H2,1-3H3,(H,14,16). The number of amides is 1. The monoisotopic (exact) mass is 301 g/mol. The van der Waals surface area contributed by atoms with E-state index < -0.39 is 15.9 Å². The van der Waals surface area contributed by atoms with Crippen molar-refractivity contribution < 1.29 is 17.9 Å². The van der Waals surface area contributed by atoms with Gasteiger partial charge in [-0.05, 0) is 18.2 Å². The zero-order chi connectivity index (χ0) is 15.3. The molecular formula is C12H19N3O4S. The van der Waals surface area contributed by atoms with E-state index in [1.54, 1.807) is 12.1 Å². The number of methoxy groups -OCH3 is 1. The van der Waals surface area contributed by atoms with Crippen LogP contribution in [-0.2, 0) is 10.0 Å². The minimum Gasteiger partial charge on any atom is -0.496 e. The number of sulfonamides is 1. The van der Waals surface area contributed by atoms with Crippen LogP contribution in [0.2, 0.25) is 0 Å². The van der Waals surface area contributed by atoms with E-state index in [-0.39, 0.29) is 17.9 Å². The van der Waals surface area contributed by atoms with Crippen LogP contribution in [0.25, 0.3) is 0 Å². The quantitative estimate of drug-likeness (QED) is 0.714. The van der Waals surface area contributed by atoms with Crippen molar-refractivity contribution in [1.82, 2.24) is 9.62 Å². The maximum absolute atomic E-state index is 12.0. The predicted molar refractivity (Wildman–Crippen MR) is 77.2 cm³/mol. The molecule has 8 heteroatoms. The second-order valence-electron chi connectivity index (χ2n) is 4.31. The van der Waals surface area contributed by atoms with Gasteiger partial charge in [-0.3, -0.25) is 4.79 Å². The third-order valence-corrected chi connectivity index (χ3v) is 4.50. The third kappa shape index (κ3) is 4.10. The Morgan fingerprint density at radius 1 is 1.40 bits per heavy atom. The fraction of sp³-hybridized carbons (Fsp3) is 0.417. The van der Waals surface area contributed by atoms with Gasteiger partial charge < -0.3 is 15.8 Å². The Bertz CT molecular complexity index is 584. The molecule has 0 unspecified atom stereocenters. The number of nitrogens with zero attached hydrogens (tertiary/aromatic N) is 1. The number of hydrogen-bond donors (Lipinski definition) is 2. The molecule has 0 aliphatic carbocycles. The lowest BCUT2D eigenvalue weighted by Gasteiger charge is -2.12. The molecule has 1 rings (SSSR count). The average molecular weight is 301 g/mol. The Morgan fingerprint density at radius 3 is 2.60 bits per heavy atom. The normalized spacial score (nSPS) is 11.4. The lowest BCUT2D eigenvalue weighted by Crippen LogP contribution is -2.34. The van der Waals surface area contributed by atoms with Crippen LogP contribution < -0.4 is 15.8 Å². The number of carbonyl (C=O) groups is 1. The SMILES string of the molecule is COc1ccc(N)cc1C(=O)NCCS(=O)(=O)N(C)C. The first-order valence-electron chi connectivity index (χ1n) is 5.90. The second kappa shape index (κ2) is 6.58. The Hall–Kier alpha value is -1.80. The highest BCUT2D eigenvalue weighted by Gasteiger charge is 2.16. The fourth-order valence-corrected chi connectivity index (χ4v) is 2.20. The number of nitrogen functional groups attached to an aromatic ring is 1. The Balaban J connectivity index is 2.71. The summed E-state index contributed by atoms with van der Waals surface area (Å²) in [6.07, 6.45) is 0. The minimum atomic E-state index is -3.34. The molecule has 0 spiro atoms. The van der Waals surface area contributed by atoms with Crippen molar-refractivity contribution in [2.75, 3.05) is 39.2 Å². The van der Waals surface area contributed by atoms with Crippen molar-refractivity contribution in [2.45, 2.75) is 0 Å². The number of hydrogen-bond acceptors (Lipinski definition) is 5. The molecular weight excluding hydrogens is 282 g/mol. The average Bonchev–Trinajstić information content (AvgIpc) is 2.38. The van der Waals surface area contributed by atoms with Gasteiger partial charge in [0, 0.05) is 26.3 Å². The zero-order valence-corrected chi connectivity index (χ0v) is 12.5. The summed E-state index contributed by atoms with van der Waals surface area (Å²) in [6, 6.07) is 4.68. The van der Waals surface area contributed by atoms with Crippen molar-refractivity contribution in [3.05, 3.63) is 23.8 Å². The smallest absolute Gasteiger partial charge is 0.255 e. The maximum Gasteiger partial charge on any atom is 0.255 e. The van der Waals surface area contributed by atoms with E-state index in [0.29, 0.717) is 11.4 Å². The first-order chi connectivity index (χ1) is 9.27. The number of ether oxygens (including phenoxy) is 1. The highest BCUT2D eigenvalue weighted by Crippen LogP contribution is 2.20. The van der Waals surface area contributed by atoms with Crippen LogP contribution >= 0.6 is 0 Å². The summed E-state index contributed by atoms with van der Waals surface area (Å²) < 4.78 is 29.3. The molecule has 1 aromatic carbocycles. The molecule has 0 saturated heterocycles. The molecule has 1 amide bonds. The number of nitrogens with two attached hydrogens (primary N) is 1. The van der Waals surface area contributed by atoms with Gasteiger partial charge in [-0.15, -0.1) is 0 Å². The molecule has 7 nitrogen and oxygen atoms in total. The van der Waals surface area contributed by atoms with E-state index in [1.165, 1.54) is 27.3 Å². The highest BCUT2D eigenvalue weighted by atomic mass is 32.2. The lowest BCUT2D eigenvalue weighted by molar-refractivity contribution is 0.0953. The van der Waals surface area contributed by atoms with E-state index in [4.69, 9.17) is 10.5 Å². The van der Waals surface area contributed by atoms with E-state index in [9.17, 15) is 13.2 Å². The fourth-order valence-electron chi connectivity index (χ4n) is 1.47. The first kappa shape index (κ1) is 16.3. The van der Waals surface area contributed by atoms with Crippen molar-refractivity contribution in [3.8, 4) is 5.75 Å². The summed E-state index contributed by atoms with van der Waals surface area (Å²) >= 11 is 0. The summed E-state index contributed by atoms with van der Waals surface area (Å²) in [4.78, 5) is 12.0. The Kier molecular flexibility index (Phi) is 5.34. The van der Waals surface area contributed by atoms with Crippen LogP contribution in [-0.4, -0.2) is 52.1 Å². The van der Waals surface area contributed by atoms with Gasteiger partial charge in [-0.2, -0.15) is 0 Å². The van der Waals surface area contributed by atoms with E-state index in [0.717, 1.165) is 4.31 Å². The number of rotatable bonds is 6. The molecule has 1 aromatic rings. The van der Waals surface area contributed by atoms with Crippen molar-refractivity contribution in [3.63, 3.8) is 0 Å². The summed E-state index contributed by atoms with van der Waals surface area (Å²) in [5, 5.41) is 2.53. The summed E-state index contributed by atoms with van der Waals surface area (Å²) in [5.41, 5.74) is 6.32. The molecule has 0 fully saturated rings.